The number of hydrogen-bond acceptors (Lipinski definition) is 2. The number of rotatable bonds is 1. The highest BCUT2D eigenvalue weighted by molar-refractivity contribution is 9.11. The lowest BCUT2D eigenvalue weighted by molar-refractivity contribution is -0.136. The van der Waals surface area contributed by atoms with Gasteiger partial charge in [-0.05, 0) is 18.9 Å². The highest BCUT2D eigenvalue weighted by Gasteiger charge is 2.11. The highest BCUT2D eigenvalue weighted by atomic mass is 79.9. The third kappa shape index (κ3) is 2.19. The van der Waals surface area contributed by atoms with Gasteiger partial charge in [-0.1, -0.05) is 22.0 Å². The molecule has 0 amide bonds. The third-order valence-corrected chi connectivity index (χ3v) is 2.07. The summed E-state index contributed by atoms with van der Waals surface area (Å²) in [5.41, 5.74) is 0.738. The van der Waals surface area contributed by atoms with Crippen molar-refractivity contribution in [2.45, 2.75) is 12.8 Å². The van der Waals surface area contributed by atoms with E-state index in [0.717, 1.165) is 22.9 Å². The van der Waals surface area contributed by atoms with E-state index in [4.69, 9.17) is 0 Å². The summed E-state index contributed by atoms with van der Waals surface area (Å²) in [5, 5.41) is 0. The number of methoxy groups -OCH3 is 1. The lowest BCUT2D eigenvalue weighted by Gasteiger charge is -2.07. The van der Waals surface area contributed by atoms with Crippen LogP contribution in [-0.2, 0) is 9.53 Å². The van der Waals surface area contributed by atoms with Crippen LogP contribution in [0, 0.1) is 0 Å². The van der Waals surface area contributed by atoms with Crippen LogP contribution in [0.5, 0.6) is 0 Å². The van der Waals surface area contributed by atoms with Crippen molar-refractivity contribution in [1.29, 1.82) is 0 Å². The minimum atomic E-state index is -0.227. The Balaban J connectivity index is 2.73. The summed E-state index contributed by atoms with van der Waals surface area (Å²) < 4.78 is 5.54. The first-order valence-electron chi connectivity index (χ1n) is 3.38. The van der Waals surface area contributed by atoms with Gasteiger partial charge in [-0.3, -0.25) is 0 Å². The summed E-state index contributed by atoms with van der Waals surface area (Å²) in [6.07, 6.45) is 5.52. The van der Waals surface area contributed by atoms with E-state index in [-0.39, 0.29) is 5.97 Å². The molecule has 11 heavy (non-hydrogen) atoms. The molecular formula is C8H9BrO2. The van der Waals surface area contributed by atoms with E-state index in [0.29, 0.717) is 0 Å². The molecule has 1 aliphatic carbocycles. The van der Waals surface area contributed by atoms with Crippen LogP contribution >= 0.6 is 15.9 Å². The van der Waals surface area contributed by atoms with Crippen molar-refractivity contribution in [3.05, 3.63) is 22.2 Å². The van der Waals surface area contributed by atoms with Crippen molar-refractivity contribution in [2.75, 3.05) is 7.11 Å². The van der Waals surface area contributed by atoms with Crippen molar-refractivity contribution < 1.29 is 9.53 Å². The number of carbonyl (C=O) groups is 1. The summed E-state index contributed by atoms with van der Waals surface area (Å²) in [6, 6.07) is 0. The molecule has 2 nitrogen and oxygen atoms in total. The molecule has 0 aliphatic heterocycles. The molecule has 0 unspecified atom stereocenters. The predicted molar refractivity (Wildman–Crippen MR) is 46.3 cm³/mol. The molecule has 1 rings (SSSR count). The standard InChI is InChI=1S/C8H9BrO2/c1-11-8(10)6-3-2-4-7(9)5-6/h4-5H,2-3H2,1H3. The molecule has 0 saturated carbocycles. The van der Waals surface area contributed by atoms with E-state index in [1.807, 2.05) is 6.08 Å². The second-order valence-electron chi connectivity index (χ2n) is 2.29. The zero-order chi connectivity index (χ0) is 8.27. The number of halogens is 1. The van der Waals surface area contributed by atoms with Gasteiger partial charge in [-0.15, -0.1) is 0 Å². The summed E-state index contributed by atoms with van der Waals surface area (Å²) in [5.74, 6) is -0.227. The molecule has 60 valence electrons. The van der Waals surface area contributed by atoms with Gasteiger partial charge in [-0.25, -0.2) is 4.79 Å². The van der Waals surface area contributed by atoms with Crippen molar-refractivity contribution in [3.8, 4) is 0 Å². The zero-order valence-electron chi connectivity index (χ0n) is 6.26. The van der Waals surface area contributed by atoms with E-state index < -0.39 is 0 Å². The number of esters is 1. The molecule has 0 radical (unpaired) electrons. The molecule has 0 fully saturated rings. The van der Waals surface area contributed by atoms with Crippen LogP contribution in [0.2, 0.25) is 0 Å². The lowest BCUT2D eigenvalue weighted by atomic mass is 10.1. The van der Waals surface area contributed by atoms with Crippen molar-refractivity contribution >= 4 is 21.9 Å². The molecule has 0 atom stereocenters. The number of allylic oxidation sites excluding steroid dienone is 3. The van der Waals surface area contributed by atoms with Crippen molar-refractivity contribution in [3.63, 3.8) is 0 Å². The first kappa shape index (κ1) is 8.53. The van der Waals surface area contributed by atoms with Gasteiger partial charge in [0.25, 0.3) is 0 Å². The third-order valence-electron chi connectivity index (χ3n) is 1.51. The van der Waals surface area contributed by atoms with E-state index in [1.54, 1.807) is 6.08 Å². The van der Waals surface area contributed by atoms with Crippen LogP contribution in [0.25, 0.3) is 0 Å². The quantitative estimate of drug-likeness (QED) is 0.629. The fourth-order valence-corrected chi connectivity index (χ4v) is 1.46. The van der Waals surface area contributed by atoms with E-state index in [2.05, 4.69) is 20.7 Å². The van der Waals surface area contributed by atoms with E-state index >= 15 is 0 Å². The summed E-state index contributed by atoms with van der Waals surface area (Å²) in [4.78, 5) is 11.0. The Morgan fingerprint density at radius 3 is 3.00 bits per heavy atom. The monoisotopic (exact) mass is 216 g/mol. The second-order valence-corrected chi connectivity index (χ2v) is 3.20. The van der Waals surface area contributed by atoms with Crippen LogP contribution in [0.3, 0.4) is 0 Å². The number of hydrogen-bond donors (Lipinski definition) is 0. The van der Waals surface area contributed by atoms with Crippen molar-refractivity contribution in [2.24, 2.45) is 0 Å². The minimum absolute atomic E-state index is 0.227. The van der Waals surface area contributed by atoms with Gasteiger partial charge in [0.1, 0.15) is 0 Å². The zero-order valence-corrected chi connectivity index (χ0v) is 7.85. The SMILES string of the molecule is COC(=O)C1=CC(Br)=CCC1. The first-order valence-corrected chi connectivity index (χ1v) is 4.18. The molecule has 0 aromatic carbocycles. The second kappa shape index (κ2) is 3.72. The van der Waals surface area contributed by atoms with Gasteiger partial charge in [0.05, 0.1) is 7.11 Å². The van der Waals surface area contributed by atoms with Crippen LogP contribution < -0.4 is 0 Å². The topological polar surface area (TPSA) is 26.3 Å². The number of carbonyl (C=O) groups excluding carboxylic acids is 1. The lowest BCUT2D eigenvalue weighted by Crippen LogP contribution is -2.06. The van der Waals surface area contributed by atoms with Crippen molar-refractivity contribution in [1.82, 2.24) is 0 Å². The van der Waals surface area contributed by atoms with Gasteiger partial charge in [0.2, 0.25) is 0 Å². The van der Waals surface area contributed by atoms with Crippen LogP contribution in [0.15, 0.2) is 22.2 Å². The molecule has 0 heterocycles. The number of ether oxygens (including phenoxy) is 1. The maximum atomic E-state index is 11.0. The Morgan fingerprint density at radius 2 is 2.45 bits per heavy atom. The molecule has 0 saturated heterocycles. The Hall–Kier alpha value is -0.570. The van der Waals surface area contributed by atoms with Crippen LogP contribution in [0.4, 0.5) is 0 Å². The fraction of sp³-hybridized carbons (Fsp3) is 0.375. The van der Waals surface area contributed by atoms with Crippen LogP contribution in [0.1, 0.15) is 12.8 Å². The molecule has 0 bridgehead atoms. The maximum Gasteiger partial charge on any atom is 0.333 e. The average molecular weight is 217 g/mol. The summed E-state index contributed by atoms with van der Waals surface area (Å²) in [7, 11) is 1.40. The Morgan fingerprint density at radius 1 is 1.73 bits per heavy atom. The molecule has 1 aliphatic rings. The smallest absolute Gasteiger partial charge is 0.333 e. The summed E-state index contributed by atoms with van der Waals surface area (Å²) in [6.45, 7) is 0. The average Bonchev–Trinajstić information content (AvgIpc) is 2.03. The molecule has 3 heteroatoms. The van der Waals surface area contributed by atoms with Crippen LogP contribution in [-0.4, -0.2) is 13.1 Å². The Bertz CT molecular complexity index is 228. The molecule has 0 N–H and O–H groups in total. The maximum absolute atomic E-state index is 11.0. The van der Waals surface area contributed by atoms with Gasteiger partial charge < -0.3 is 4.74 Å². The summed E-state index contributed by atoms with van der Waals surface area (Å²) >= 11 is 3.30. The molecule has 0 aromatic rings. The highest BCUT2D eigenvalue weighted by Crippen LogP contribution is 2.21. The normalized spacial score (nSPS) is 16.9. The molecular weight excluding hydrogens is 208 g/mol. The molecule has 0 aromatic heterocycles. The first-order chi connectivity index (χ1) is 5.24. The van der Waals surface area contributed by atoms with Gasteiger partial charge in [0, 0.05) is 10.1 Å². The largest absolute Gasteiger partial charge is 0.466 e. The Kier molecular flexibility index (Phi) is 2.88. The minimum Gasteiger partial charge on any atom is -0.466 e. The van der Waals surface area contributed by atoms with Gasteiger partial charge >= 0.3 is 5.97 Å². The van der Waals surface area contributed by atoms with Gasteiger partial charge in [-0.2, -0.15) is 0 Å². The Labute approximate surface area is 74.1 Å². The van der Waals surface area contributed by atoms with E-state index in [1.165, 1.54) is 7.11 Å². The van der Waals surface area contributed by atoms with E-state index in [9.17, 15) is 4.79 Å². The fourth-order valence-electron chi connectivity index (χ4n) is 0.955. The van der Waals surface area contributed by atoms with Gasteiger partial charge in [0.15, 0.2) is 0 Å². The molecule has 0 spiro atoms. The predicted octanol–water partition coefficient (Wildman–Crippen LogP) is 2.16.